The molecule has 0 saturated carbocycles. The van der Waals surface area contributed by atoms with E-state index in [-0.39, 0.29) is 0 Å². The van der Waals surface area contributed by atoms with Crippen molar-refractivity contribution < 1.29 is 0 Å². The molecule has 3 nitrogen and oxygen atoms in total. The second-order valence-corrected chi connectivity index (χ2v) is 6.98. The largest absolute Gasteiger partial charge is 0.371 e. The van der Waals surface area contributed by atoms with Gasteiger partial charge in [0.1, 0.15) is 0 Å². The van der Waals surface area contributed by atoms with Crippen molar-refractivity contribution in [2.75, 3.05) is 24.5 Å². The first-order chi connectivity index (χ1) is 11.7. The number of benzene rings is 1. The van der Waals surface area contributed by atoms with Crippen LogP contribution in [0.1, 0.15) is 30.5 Å². The third kappa shape index (κ3) is 4.71. The summed E-state index contributed by atoms with van der Waals surface area (Å²) in [5.74, 6) is 0. The number of hydrogen-bond acceptors (Lipinski definition) is 3. The first-order valence-corrected chi connectivity index (χ1v) is 9.24. The molecule has 0 bridgehead atoms. The van der Waals surface area contributed by atoms with Crippen LogP contribution in [0.4, 0.5) is 5.69 Å². The minimum Gasteiger partial charge on any atom is -0.371 e. The lowest BCUT2D eigenvalue weighted by Gasteiger charge is -2.34. The van der Waals surface area contributed by atoms with Gasteiger partial charge in [0, 0.05) is 41.7 Å². The number of rotatable bonds is 6. The van der Waals surface area contributed by atoms with Crippen LogP contribution < -0.4 is 10.2 Å². The molecule has 2 aromatic rings. The lowest BCUT2D eigenvalue weighted by molar-refractivity contribution is 0.412. The van der Waals surface area contributed by atoms with Crippen LogP contribution in [0.15, 0.2) is 42.6 Å². The minimum atomic E-state index is 0.630. The van der Waals surface area contributed by atoms with Gasteiger partial charge in [-0.15, -0.1) is 0 Å². The number of aryl methyl sites for hydroxylation is 2. The first-order valence-electron chi connectivity index (χ1n) is 8.87. The molecule has 1 aliphatic rings. The Labute approximate surface area is 150 Å². The fraction of sp³-hybridized carbons (Fsp3) is 0.450. The minimum absolute atomic E-state index is 0.630. The molecule has 2 heterocycles. The van der Waals surface area contributed by atoms with Crippen LogP contribution in [0.5, 0.6) is 0 Å². The molecule has 4 heteroatoms. The van der Waals surface area contributed by atoms with E-state index in [0.717, 1.165) is 43.1 Å². The van der Waals surface area contributed by atoms with E-state index in [4.69, 9.17) is 11.6 Å². The van der Waals surface area contributed by atoms with Gasteiger partial charge in [-0.25, -0.2) is 0 Å². The van der Waals surface area contributed by atoms with Gasteiger partial charge >= 0.3 is 0 Å². The SMILES string of the molecule is Cc1ccc(N2CCC(NCCCc3ccccn3)CC2)cc1Cl. The van der Waals surface area contributed by atoms with Crippen LogP contribution >= 0.6 is 11.6 Å². The van der Waals surface area contributed by atoms with E-state index in [1.165, 1.54) is 24.2 Å². The van der Waals surface area contributed by atoms with E-state index in [9.17, 15) is 0 Å². The number of pyridine rings is 1. The molecule has 3 rings (SSSR count). The average molecular weight is 344 g/mol. The van der Waals surface area contributed by atoms with Crippen molar-refractivity contribution in [3.63, 3.8) is 0 Å². The van der Waals surface area contributed by atoms with Crippen LogP contribution in [-0.2, 0) is 6.42 Å². The van der Waals surface area contributed by atoms with E-state index in [0.29, 0.717) is 6.04 Å². The highest BCUT2D eigenvalue weighted by molar-refractivity contribution is 6.31. The highest BCUT2D eigenvalue weighted by Crippen LogP contribution is 2.25. The maximum atomic E-state index is 6.25. The molecule has 1 aromatic carbocycles. The normalized spacial score (nSPS) is 15.7. The molecule has 1 N–H and O–H groups in total. The molecule has 0 spiro atoms. The summed E-state index contributed by atoms with van der Waals surface area (Å²) in [6, 6.07) is 13.1. The van der Waals surface area contributed by atoms with Crippen molar-refractivity contribution in [1.82, 2.24) is 10.3 Å². The van der Waals surface area contributed by atoms with Gasteiger partial charge in [0.2, 0.25) is 0 Å². The standard InChI is InChI=1S/C20H26ClN3/c1-16-7-8-19(15-20(16)21)24-13-9-18(10-14-24)23-12-4-6-17-5-2-3-11-22-17/h2-3,5,7-8,11,15,18,23H,4,6,9-10,12-14H2,1H3. The summed E-state index contributed by atoms with van der Waals surface area (Å²) in [4.78, 5) is 6.82. The number of anilines is 1. The molecule has 0 radical (unpaired) electrons. The third-order valence-electron chi connectivity index (χ3n) is 4.78. The molecule has 1 aliphatic heterocycles. The molecule has 24 heavy (non-hydrogen) atoms. The van der Waals surface area contributed by atoms with Gasteiger partial charge < -0.3 is 10.2 Å². The van der Waals surface area contributed by atoms with Gasteiger partial charge in [0.05, 0.1) is 0 Å². The first kappa shape index (κ1) is 17.2. The summed E-state index contributed by atoms with van der Waals surface area (Å²) in [6.07, 6.45) is 6.44. The van der Waals surface area contributed by atoms with Crippen LogP contribution in [0.3, 0.4) is 0 Å². The topological polar surface area (TPSA) is 28.2 Å². The molecule has 0 atom stereocenters. The molecule has 1 aromatic heterocycles. The Kier molecular flexibility index (Phi) is 6.11. The van der Waals surface area contributed by atoms with E-state index in [2.05, 4.69) is 45.5 Å². The van der Waals surface area contributed by atoms with Crippen LogP contribution in [0.2, 0.25) is 5.02 Å². The summed E-state index contributed by atoms with van der Waals surface area (Å²) < 4.78 is 0. The number of piperidine rings is 1. The quantitative estimate of drug-likeness (QED) is 0.795. The number of hydrogen-bond donors (Lipinski definition) is 1. The lowest BCUT2D eigenvalue weighted by Crippen LogP contribution is -2.42. The predicted molar refractivity (Wildman–Crippen MR) is 102 cm³/mol. The van der Waals surface area contributed by atoms with Crippen molar-refractivity contribution in [3.8, 4) is 0 Å². The smallest absolute Gasteiger partial charge is 0.0455 e. The second kappa shape index (κ2) is 8.50. The van der Waals surface area contributed by atoms with Crippen molar-refractivity contribution in [3.05, 3.63) is 58.9 Å². The molecule has 0 amide bonds. The monoisotopic (exact) mass is 343 g/mol. The summed E-state index contributed by atoms with van der Waals surface area (Å²) in [7, 11) is 0. The fourth-order valence-electron chi connectivity index (χ4n) is 3.24. The summed E-state index contributed by atoms with van der Waals surface area (Å²) >= 11 is 6.25. The summed E-state index contributed by atoms with van der Waals surface area (Å²) in [5, 5.41) is 4.57. The van der Waals surface area contributed by atoms with Gasteiger partial charge in [0.25, 0.3) is 0 Å². The Bertz CT molecular complexity index is 637. The average Bonchev–Trinajstić information content (AvgIpc) is 2.62. The number of nitrogens with one attached hydrogen (secondary N) is 1. The van der Waals surface area contributed by atoms with Gasteiger partial charge in [-0.1, -0.05) is 23.7 Å². The zero-order valence-corrected chi connectivity index (χ0v) is 15.1. The summed E-state index contributed by atoms with van der Waals surface area (Å²) in [5.41, 5.74) is 3.58. The maximum Gasteiger partial charge on any atom is 0.0455 e. The zero-order chi connectivity index (χ0) is 16.8. The number of aromatic nitrogens is 1. The Morgan fingerprint density at radius 2 is 2.04 bits per heavy atom. The molecule has 0 aliphatic carbocycles. The Morgan fingerprint density at radius 3 is 2.75 bits per heavy atom. The van der Waals surface area contributed by atoms with Gasteiger partial charge in [-0.05, 0) is 69.0 Å². The van der Waals surface area contributed by atoms with E-state index < -0.39 is 0 Å². The van der Waals surface area contributed by atoms with E-state index in [1.807, 2.05) is 19.2 Å². The highest BCUT2D eigenvalue weighted by Gasteiger charge is 2.19. The molecule has 0 unspecified atom stereocenters. The lowest BCUT2D eigenvalue weighted by atomic mass is 10.0. The fourth-order valence-corrected chi connectivity index (χ4v) is 3.42. The third-order valence-corrected chi connectivity index (χ3v) is 5.19. The van der Waals surface area contributed by atoms with Crippen molar-refractivity contribution >= 4 is 17.3 Å². The van der Waals surface area contributed by atoms with Crippen LogP contribution in [0, 0.1) is 6.92 Å². The maximum absolute atomic E-state index is 6.25. The van der Waals surface area contributed by atoms with Crippen molar-refractivity contribution in [2.45, 2.75) is 38.6 Å². The molecular weight excluding hydrogens is 318 g/mol. The highest BCUT2D eigenvalue weighted by atomic mass is 35.5. The number of nitrogens with zero attached hydrogens (tertiary/aromatic N) is 2. The molecule has 128 valence electrons. The van der Waals surface area contributed by atoms with E-state index >= 15 is 0 Å². The van der Waals surface area contributed by atoms with Gasteiger partial charge in [-0.2, -0.15) is 0 Å². The van der Waals surface area contributed by atoms with E-state index in [1.54, 1.807) is 0 Å². The Morgan fingerprint density at radius 1 is 1.21 bits per heavy atom. The van der Waals surface area contributed by atoms with Crippen LogP contribution in [-0.4, -0.2) is 30.7 Å². The summed E-state index contributed by atoms with van der Waals surface area (Å²) in [6.45, 7) is 5.30. The second-order valence-electron chi connectivity index (χ2n) is 6.57. The Balaban J connectivity index is 1.38. The van der Waals surface area contributed by atoms with Crippen molar-refractivity contribution in [2.24, 2.45) is 0 Å². The zero-order valence-electron chi connectivity index (χ0n) is 14.3. The molecule has 1 saturated heterocycles. The van der Waals surface area contributed by atoms with Crippen molar-refractivity contribution in [1.29, 1.82) is 0 Å². The Hall–Kier alpha value is -1.58. The predicted octanol–water partition coefficient (Wildman–Crippen LogP) is 4.23. The number of halogens is 1. The van der Waals surface area contributed by atoms with Gasteiger partial charge in [0.15, 0.2) is 0 Å². The molecular formula is C20H26ClN3. The van der Waals surface area contributed by atoms with Gasteiger partial charge in [-0.3, -0.25) is 4.98 Å². The molecule has 1 fully saturated rings. The van der Waals surface area contributed by atoms with Crippen LogP contribution in [0.25, 0.3) is 0 Å².